The fourth-order valence-electron chi connectivity index (χ4n) is 1.28. The van der Waals surface area contributed by atoms with E-state index in [1.807, 2.05) is 0 Å². The van der Waals surface area contributed by atoms with Crippen molar-refractivity contribution in [2.24, 2.45) is 0 Å². The first-order valence-electron chi connectivity index (χ1n) is 4.37. The molecule has 1 nitrogen and oxygen atoms in total. The molecule has 0 bridgehead atoms. The molecule has 0 atom stereocenters. The average Bonchev–Trinajstić information content (AvgIpc) is 1.95. The third-order valence-corrected chi connectivity index (χ3v) is 2.65. The number of hydrogen-bond donors (Lipinski definition) is 0. The summed E-state index contributed by atoms with van der Waals surface area (Å²) in [5.74, 6) is 0.361. The van der Waals surface area contributed by atoms with Gasteiger partial charge in [0.15, 0.2) is 0 Å². The van der Waals surface area contributed by atoms with Crippen LogP contribution < -0.4 is 4.74 Å². The molecule has 1 saturated carbocycles. The van der Waals surface area contributed by atoms with Crippen molar-refractivity contribution in [1.29, 1.82) is 0 Å². The summed E-state index contributed by atoms with van der Waals surface area (Å²) in [5, 5.41) is 0. The van der Waals surface area contributed by atoms with E-state index in [4.69, 9.17) is 4.74 Å². The standard InChI is InChI=1S/C10H10BrFO/c11-7-4-8(12)6-10(5-7)13-9-2-1-3-9/h4-6,9H,1-3H2. The number of benzene rings is 1. The Morgan fingerprint density at radius 2 is 2.08 bits per heavy atom. The molecule has 1 fully saturated rings. The van der Waals surface area contributed by atoms with Gasteiger partial charge in [0.1, 0.15) is 11.6 Å². The van der Waals surface area contributed by atoms with Crippen molar-refractivity contribution < 1.29 is 9.13 Å². The van der Waals surface area contributed by atoms with Crippen LogP contribution in [0.25, 0.3) is 0 Å². The molecule has 1 aliphatic rings. The Kier molecular flexibility index (Phi) is 2.54. The maximum atomic E-state index is 12.9. The highest BCUT2D eigenvalue weighted by atomic mass is 79.9. The molecule has 0 saturated heterocycles. The number of hydrogen-bond acceptors (Lipinski definition) is 1. The molecule has 70 valence electrons. The van der Waals surface area contributed by atoms with Crippen molar-refractivity contribution in [1.82, 2.24) is 0 Å². The molecule has 0 radical (unpaired) electrons. The number of halogens is 2. The molecule has 0 spiro atoms. The van der Waals surface area contributed by atoms with Gasteiger partial charge in [-0.15, -0.1) is 0 Å². The highest BCUT2D eigenvalue weighted by molar-refractivity contribution is 9.10. The van der Waals surface area contributed by atoms with E-state index >= 15 is 0 Å². The number of rotatable bonds is 2. The van der Waals surface area contributed by atoms with Gasteiger partial charge in [0, 0.05) is 10.5 Å². The van der Waals surface area contributed by atoms with E-state index in [0.29, 0.717) is 11.9 Å². The highest BCUT2D eigenvalue weighted by Crippen LogP contribution is 2.27. The fourth-order valence-corrected chi connectivity index (χ4v) is 1.72. The van der Waals surface area contributed by atoms with E-state index in [-0.39, 0.29) is 5.82 Å². The van der Waals surface area contributed by atoms with Crippen LogP contribution in [0.4, 0.5) is 4.39 Å². The summed E-state index contributed by atoms with van der Waals surface area (Å²) in [7, 11) is 0. The third-order valence-electron chi connectivity index (χ3n) is 2.19. The molecule has 1 aliphatic carbocycles. The van der Waals surface area contributed by atoms with Crippen LogP contribution >= 0.6 is 15.9 Å². The third kappa shape index (κ3) is 2.21. The molecular weight excluding hydrogens is 235 g/mol. The van der Waals surface area contributed by atoms with Crippen LogP contribution in [0.1, 0.15) is 19.3 Å². The van der Waals surface area contributed by atoms with Crippen LogP contribution in [0.5, 0.6) is 5.75 Å². The van der Waals surface area contributed by atoms with E-state index in [0.717, 1.165) is 17.3 Å². The van der Waals surface area contributed by atoms with Crippen LogP contribution in [0.2, 0.25) is 0 Å². The molecule has 0 unspecified atom stereocenters. The van der Waals surface area contributed by atoms with E-state index in [9.17, 15) is 4.39 Å². The van der Waals surface area contributed by atoms with Crippen LogP contribution in [0.3, 0.4) is 0 Å². The van der Waals surface area contributed by atoms with Gasteiger partial charge in [-0.2, -0.15) is 0 Å². The van der Waals surface area contributed by atoms with Gasteiger partial charge in [0.25, 0.3) is 0 Å². The largest absolute Gasteiger partial charge is 0.490 e. The van der Waals surface area contributed by atoms with Crippen LogP contribution in [0, 0.1) is 5.82 Å². The van der Waals surface area contributed by atoms with E-state index in [1.165, 1.54) is 18.6 Å². The average molecular weight is 245 g/mol. The van der Waals surface area contributed by atoms with Gasteiger partial charge < -0.3 is 4.74 Å². The Balaban J connectivity index is 2.10. The monoisotopic (exact) mass is 244 g/mol. The van der Waals surface area contributed by atoms with Crippen LogP contribution in [-0.4, -0.2) is 6.10 Å². The quantitative estimate of drug-likeness (QED) is 0.774. The zero-order valence-electron chi connectivity index (χ0n) is 7.09. The minimum absolute atomic E-state index is 0.260. The normalized spacial score (nSPS) is 16.8. The van der Waals surface area contributed by atoms with Crippen molar-refractivity contribution in [3.8, 4) is 5.75 Å². The van der Waals surface area contributed by atoms with Gasteiger partial charge >= 0.3 is 0 Å². The molecule has 0 amide bonds. The predicted molar refractivity (Wildman–Crippen MR) is 52.4 cm³/mol. The highest BCUT2D eigenvalue weighted by Gasteiger charge is 2.19. The predicted octanol–water partition coefficient (Wildman–Crippen LogP) is 3.52. The van der Waals surface area contributed by atoms with E-state index in [1.54, 1.807) is 6.07 Å². The first-order chi connectivity index (χ1) is 6.24. The lowest BCUT2D eigenvalue weighted by molar-refractivity contribution is 0.120. The molecule has 0 heterocycles. The molecule has 0 aliphatic heterocycles. The van der Waals surface area contributed by atoms with E-state index in [2.05, 4.69) is 15.9 Å². The number of ether oxygens (including phenoxy) is 1. The van der Waals surface area contributed by atoms with Crippen molar-refractivity contribution in [3.05, 3.63) is 28.5 Å². The summed E-state index contributed by atoms with van der Waals surface area (Å²) >= 11 is 3.22. The van der Waals surface area contributed by atoms with Gasteiger partial charge in [-0.3, -0.25) is 0 Å². The Morgan fingerprint density at radius 3 is 2.62 bits per heavy atom. The van der Waals surface area contributed by atoms with Crippen LogP contribution in [-0.2, 0) is 0 Å². The zero-order chi connectivity index (χ0) is 9.26. The van der Waals surface area contributed by atoms with Gasteiger partial charge in [-0.1, -0.05) is 15.9 Å². The Labute approximate surface area is 85.0 Å². The SMILES string of the molecule is Fc1cc(Br)cc(OC2CCC2)c1. The lowest BCUT2D eigenvalue weighted by Crippen LogP contribution is -2.24. The zero-order valence-corrected chi connectivity index (χ0v) is 8.68. The van der Waals surface area contributed by atoms with Crippen molar-refractivity contribution >= 4 is 15.9 Å². The lowest BCUT2D eigenvalue weighted by atomic mass is 9.96. The first kappa shape index (κ1) is 9.00. The lowest BCUT2D eigenvalue weighted by Gasteiger charge is -2.26. The maximum absolute atomic E-state index is 12.9. The Morgan fingerprint density at radius 1 is 1.31 bits per heavy atom. The molecule has 2 rings (SSSR count). The smallest absolute Gasteiger partial charge is 0.128 e. The maximum Gasteiger partial charge on any atom is 0.128 e. The first-order valence-corrected chi connectivity index (χ1v) is 5.16. The molecular formula is C10H10BrFO. The molecule has 13 heavy (non-hydrogen) atoms. The van der Waals surface area contributed by atoms with Crippen molar-refractivity contribution in [2.45, 2.75) is 25.4 Å². The second-order valence-electron chi connectivity index (χ2n) is 3.28. The Hall–Kier alpha value is -0.570. The van der Waals surface area contributed by atoms with E-state index < -0.39 is 0 Å². The Bertz CT molecular complexity index is 290. The van der Waals surface area contributed by atoms with Gasteiger partial charge in [0.2, 0.25) is 0 Å². The summed E-state index contributed by atoms with van der Waals surface area (Å²) in [6.45, 7) is 0. The second-order valence-corrected chi connectivity index (χ2v) is 4.19. The topological polar surface area (TPSA) is 9.23 Å². The van der Waals surface area contributed by atoms with Crippen molar-refractivity contribution in [2.75, 3.05) is 0 Å². The minimum atomic E-state index is -0.260. The molecule has 0 aromatic heterocycles. The summed E-state index contributed by atoms with van der Waals surface area (Å²) in [4.78, 5) is 0. The summed E-state index contributed by atoms with van der Waals surface area (Å²) < 4.78 is 19.2. The summed E-state index contributed by atoms with van der Waals surface area (Å²) in [6.07, 6.45) is 3.71. The summed E-state index contributed by atoms with van der Waals surface area (Å²) in [6, 6.07) is 4.64. The molecule has 1 aromatic rings. The molecule has 0 N–H and O–H groups in total. The van der Waals surface area contributed by atoms with Crippen molar-refractivity contribution in [3.63, 3.8) is 0 Å². The minimum Gasteiger partial charge on any atom is -0.490 e. The van der Waals surface area contributed by atoms with Gasteiger partial charge in [0.05, 0.1) is 6.10 Å². The van der Waals surface area contributed by atoms with Gasteiger partial charge in [-0.05, 0) is 31.4 Å². The van der Waals surface area contributed by atoms with Crippen LogP contribution in [0.15, 0.2) is 22.7 Å². The molecule has 1 aromatic carbocycles. The summed E-state index contributed by atoms with van der Waals surface area (Å²) in [5.41, 5.74) is 0. The molecule has 3 heteroatoms. The van der Waals surface area contributed by atoms with Gasteiger partial charge in [-0.25, -0.2) is 4.39 Å². The fraction of sp³-hybridized carbons (Fsp3) is 0.400. The second kappa shape index (κ2) is 3.66.